The molecule has 0 aliphatic carbocycles. The van der Waals surface area contributed by atoms with E-state index in [1.54, 1.807) is 6.92 Å². The molecule has 0 saturated heterocycles. The first-order chi connectivity index (χ1) is 10.0. The number of para-hydroxylation sites is 1. The highest BCUT2D eigenvalue weighted by Crippen LogP contribution is 2.21. The molecular weight excluding hydrogens is 270 g/mol. The fourth-order valence-corrected chi connectivity index (χ4v) is 1.91. The van der Waals surface area contributed by atoms with Crippen LogP contribution in [-0.4, -0.2) is 31.6 Å². The summed E-state index contributed by atoms with van der Waals surface area (Å²) in [7, 11) is 0. The summed E-state index contributed by atoms with van der Waals surface area (Å²) in [4.78, 5) is 22.8. The van der Waals surface area contributed by atoms with Crippen LogP contribution >= 0.6 is 0 Å². The van der Waals surface area contributed by atoms with E-state index in [9.17, 15) is 9.59 Å². The lowest BCUT2D eigenvalue weighted by atomic mass is 10.1. The zero-order valence-corrected chi connectivity index (χ0v) is 12.9. The molecule has 0 aliphatic heterocycles. The lowest BCUT2D eigenvalue weighted by Gasteiger charge is -2.11. The summed E-state index contributed by atoms with van der Waals surface area (Å²) in [5.41, 5.74) is 2.01. The number of carbonyl (C=O) groups is 2. The summed E-state index contributed by atoms with van der Waals surface area (Å²) in [5, 5.41) is 2.72. The average Bonchev–Trinajstić information content (AvgIpc) is 2.43. The van der Waals surface area contributed by atoms with Crippen molar-refractivity contribution in [1.82, 2.24) is 5.32 Å². The molecule has 1 N–H and O–H groups in total. The van der Waals surface area contributed by atoms with Gasteiger partial charge in [-0.3, -0.25) is 9.59 Å². The van der Waals surface area contributed by atoms with Crippen molar-refractivity contribution < 1.29 is 19.1 Å². The van der Waals surface area contributed by atoms with E-state index in [0.717, 1.165) is 16.9 Å². The zero-order chi connectivity index (χ0) is 15.7. The van der Waals surface area contributed by atoms with E-state index in [0.29, 0.717) is 26.0 Å². The molecular formula is C16H23NO4. The van der Waals surface area contributed by atoms with Crippen LogP contribution in [0.25, 0.3) is 0 Å². The Morgan fingerprint density at radius 1 is 1.19 bits per heavy atom. The quantitative estimate of drug-likeness (QED) is 0.589. The Kier molecular flexibility index (Phi) is 7.29. The van der Waals surface area contributed by atoms with Crippen LogP contribution < -0.4 is 10.1 Å². The molecule has 0 heterocycles. The maximum absolute atomic E-state index is 11.7. The number of hydrogen-bond donors (Lipinski definition) is 1. The minimum atomic E-state index is -0.237. The smallest absolute Gasteiger partial charge is 0.305 e. The number of benzene rings is 1. The standard InChI is InChI=1S/C16H23NO4/c1-4-20-15(19)9-6-10-17-14(18)11-21-16-12(2)7-5-8-13(16)3/h5,7-8H,4,6,9-11H2,1-3H3,(H,17,18). The highest BCUT2D eigenvalue weighted by Gasteiger charge is 2.07. The minimum Gasteiger partial charge on any atom is -0.483 e. The second-order valence-electron chi connectivity index (χ2n) is 4.77. The Bertz CT molecular complexity index is 465. The molecule has 0 bridgehead atoms. The van der Waals surface area contributed by atoms with E-state index in [2.05, 4.69) is 5.32 Å². The fourth-order valence-electron chi connectivity index (χ4n) is 1.91. The van der Waals surface area contributed by atoms with Gasteiger partial charge < -0.3 is 14.8 Å². The van der Waals surface area contributed by atoms with Crippen molar-refractivity contribution in [1.29, 1.82) is 0 Å². The third-order valence-corrected chi connectivity index (χ3v) is 2.94. The van der Waals surface area contributed by atoms with Crippen molar-refractivity contribution >= 4 is 11.9 Å². The van der Waals surface area contributed by atoms with Crippen LogP contribution in [-0.2, 0) is 14.3 Å². The predicted octanol–water partition coefficient (Wildman–Crippen LogP) is 2.14. The van der Waals surface area contributed by atoms with E-state index in [-0.39, 0.29) is 18.5 Å². The number of amides is 1. The summed E-state index contributed by atoms with van der Waals surface area (Å²) < 4.78 is 10.3. The van der Waals surface area contributed by atoms with Gasteiger partial charge in [0.1, 0.15) is 5.75 Å². The molecule has 21 heavy (non-hydrogen) atoms. The first-order valence-corrected chi connectivity index (χ1v) is 7.16. The molecule has 5 nitrogen and oxygen atoms in total. The molecule has 1 amide bonds. The molecule has 5 heteroatoms. The van der Waals surface area contributed by atoms with E-state index < -0.39 is 0 Å². The third-order valence-electron chi connectivity index (χ3n) is 2.94. The first-order valence-electron chi connectivity index (χ1n) is 7.16. The van der Waals surface area contributed by atoms with Gasteiger partial charge >= 0.3 is 5.97 Å². The maximum Gasteiger partial charge on any atom is 0.305 e. The van der Waals surface area contributed by atoms with E-state index in [4.69, 9.17) is 9.47 Å². The summed E-state index contributed by atoms with van der Waals surface area (Å²) >= 11 is 0. The fraction of sp³-hybridized carbons (Fsp3) is 0.500. The van der Waals surface area contributed by atoms with Crippen LogP contribution in [0.2, 0.25) is 0 Å². The SMILES string of the molecule is CCOC(=O)CCCNC(=O)COc1c(C)cccc1C. The van der Waals surface area contributed by atoms with Gasteiger partial charge in [0.05, 0.1) is 6.61 Å². The maximum atomic E-state index is 11.7. The molecule has 0 atom stereocenters. The monoisotopic (exact) mass is 293 g/mol. The molecule has 0 unspecified atom stereocenters. The third kappa shape index (κ3) is 6.29. The van der Waals surface area contributed by atoms with E-state index >= 15 is 0 Å². The number of nitrogens with one attached hydrogen (secondary N) is 1. The Hall–Kier alpha value is -2.04. The van der Waals surface area contributed by atoms with Crippen LogP contribution in [0.1, 0.15) is 30.9 Å². The largest absolute Gasteiger partial charge is 0.483 e. The molecule has 0 aliphatic rings. The molecule has 1 aromatic carbocycles. The van der Waals surface area contributed by atoms with Gasteiger partial charge in [-0.15, -0.1) is 0 Å². The van der Waals surface area contributed by atoms with Crippen LogP contribution in [0, 0.1) is 13.8 Å². The van der Waals surface area contributed by atoms with Crippen LogP contribution in [0.4, 0.5) is 0 Å². The van der Waals surface area contributed by atoms with Crippen LogP contribution in [0.15, 0.2) is 18.2 Å². The molecule has 1 rings (SSSR count). The summed E-state index contributed by atoms with van der Waals surface area (Å²) in [6, 6.07) is 5.84. The highest BCUT2D eigenvalue weighted by atomic mass is 16.5. The number of rotatable bonds is 8. The molecule has 0 saturated carbocycles. The topological polar surface area (TPSA) is 64.6 Å². The molecule has 116 valence electrons. The van der Waals surface area contributed by atoms with Crippen molar-refractivity contribution in [2.75, 3.05) is 19.8 Å². The molecule has 0 radical (unpaired) electrons. The highest BCUT2D eigenvalue weighted by molar-refractivity contribution is 5.77. The zero-order valence-electron chi connectivity index (χ0n) is 12.9. The second kappa shape index (κ2) is 9.00. The van der Waals surface area contributed by atoms with Gasteiger partial charge in [-0.1, -0.05) is 18.2 Å². The van der Waals surface area contributed by atoms with Gasteiger partial charge in [0.15, 0.2) is 6.61 Å². The Morgan fingerprint density at radius 2 is 1.86 bits per heavy atom. The lowest BCUT2D eigenvalue weighted by molar-refractivity contribution is -0.143. The van der Waals surface area contributed by atoms with E-state index in [1.807, 2.05) is 32.0 Å². The minimum absolute atomic E-state index is 0.0227. The number of aryl methyl sites for hydroxylation is 2. The molecule has 0 spiro atoms. The van der Waals surface area contributed by atoms with E-state index in [1.165, 1.54) is 0 Å². The van der Waals surface area contributed by atoms with Gasteiger partial charge in [-0.25, -0.2) is 0 Å². The summed E-state index contributed by atoms with van der Waals surface area (Å²) in [6.45, 7) is 6.46. The first kappa shape index (κ1) is 17.0. The summed E-state index contributed by atoms with van der Waals surface area (Å²) in [5.74, 6) is 0.319. The van der Waals surface area contributed by atoms with Crippen molar-refractivity contribution in [2.24, 2.45) is 0 Å². The Morgan fingerprint density at radius 3 is 2.48 bits per heavy atom. The number of hydrogen-bond acceptors (Lipinski definition) is 4. The predicted molar refractivity (Wildman–Crippen MR) is 80.3 cm³/mol. The average molecular weight is 293 g/mol. The van der Waals surface area contributed by atoms with Gasteiger partial charge in [-0.05, 0) is 38.3 Å². The van der Waals surface area contributed by atoms with Gasteiger partial charge in [-0.2, -0.15) is 0 Å². The van der Waals surface area contributed by atoms with Crippen LogP contribution in [0.3, 0.4) is 0 Å². The Labute approximate surface area is 125 Å². The van der Waals surface area contributed by atoms with Crippen molar-refractivity contribution in [3.63, 3.8) is 0 Å². The van der Waals surface area contributed by atoms with Gasteiger partial charge in [0.2, 0.25) is 0 Å². The Balaban J connectivity index is 2.24. The number of carbonyl (C=O) groups excluding carboxylic acids is 2. The van der Waals surface area contributed by atoms with Crippen molar-refractivity contribution in [2.45, 2.75) is 33.6 Å². The molecule has 0 fully saturated rings. The molecule has 0 aromatic heterocycles. The lowest BCUT2D eigenvalue weighted by Crippen LogP contribution is -2.30. The van der Waals surface area contributed by atoms with Crippen LogP contribution in [0.5, 0.6) is 5.75 Å². The van der Waals surface area contributed by atoms with Gasteiger partial charge in [0.25, 0.3) is 5.91 Å². The summed E-state index contributed by atoms with van der Waals surface area (Å²) in [6.07, 6.45) is 0.875. The van der Waals surface area contributed by atoms with Crippen molar-refractivity contribution in [3.8, 4) is 5.75 Å². The normalized spacial score (nSPS) is 10.0. The molecule has 1 aromatic rings. The van der Waals surface area contributed by atoms with Gasteiger partial charge in [0, 0.05) is 13.0 Å². The second-order valence-corrected chi connectivity index (χ2v) is 4.77. The van der Waals surface area contributed by atoms with Crippen molar-refractivity contribution in [3.05, 3.63) is 29.3 Å². The number of esters is 1. The number of ether oxygens (including phenoxy) is 2.